The second-order valence-corrected chi connectivity index (χ2v) is 12.3. The fourth-order valence-corrected chi connectivity index (χ4v) is 6.97. The lowest BCUT2D eigenvalue weighted by molar-refractivity contribution is -0.158. The predicted molar refractivity (Wildman–Crippen MR) is 159 cm³/mol. The van der Waals surface area contributed by atoms with E-state index in [4.69, 9.17) is 4.74 Å². The summed E-state index contributed by atoms with van der Waals surface area (Å²) in [5.74, 6) is -3.70. The van der Waals surface area contributed by atoms with E-state index in [1.54, 1.807) is 0 Å². The summed E-state index contributed by atoms with van der Waals surface area (Å²) in [7, 11) is 3.32. The minimum Gasteiger partial charge on any atom is -0.364 e. The van der Waals surface area contributed by atoms with E-state index in [2.05, 4.69) is 21.9 Å². The maximum absolute atomic E-state index is 15.1. The second-order valence-electron chi connectivity index (χ2n) is 11.0. The van der Waals surface area contributed by atoms with Gasteiger partial charge in [0.25, 0.3) is 5.91 Å². The Hall–Kier alpha value is -3.25. The van der Waals surface area contributed by atoms with Gasteiger partial charge >= 0.3 is 0 Å². The molecule has 0 bridgehead atoms. The van der Waals surface area contributed by atoms with Crippen LogP contribution in [-0.4, -0.2) is 72.6 Å². The average Bonchev–Trinajstić information content (AvgIpc) is 3.40. The van der Waals surface area contributed by atoms with Crippen molar-refractivity contribution in [2.24, 2.45) is 5.10 Å². The summed E-state index contributed by atoms with van der Waals surface area (Å²) in [5, 5.41) is 5.89. The molecule has 1 saturated heterocycles. The van der Waals surface area contributed by atoms with Gasteiger partial charge in [-0.25, -0.2) is 22.6 Å². The Balaban J connectivity index is 1.61. The van der Waals surface area contributed by atoms with E-state index in [9.17, 15) is 13.6 Å². The quantitative estimate of drug-likeness (QED) is 0.280. The van der Waals surface area contributed by atoms with Gasteiger partial charge in [0.15, 0.2) is 5.60 Å². The zero-order valence-corrected chi connectivity index (χ0v) is 25.1. The fourth-order valence-electron chi connectivity index (χ4n) is 5.55. The molecule has 1 unspecified atom stereocenters. The molecule has 0 spiro atoms. The number of thioether (sulfide) groups is 1. The Kier molecular flexibility index (Phi) is 9.26. The van der Waals surface area contributed by atoms with Crippen molar-refractivity contribution in [1.29, 1.82) is 0 Å². The molecule has 5 rings (SSSR count). The molecule has 0 aromatic heterocycles. The monoisotopic (exact) mass is 614 g/mol. The van der Waals surface area contributed by atoms with Crippen LogP contribution in [-0.2, 0) is 20.0 Å². The van der Waals surface area contributed by atoms with Crippen LogP contribution in [0.2, 0.25) is 0 Å². The van der Waals surface area contributed by atoms with Gasteiger partial charge in [-0.05, 0) is 75.3 Å². The molecule has 0 saturated carbocycles. The number of piperazine rings is 1. The number of carbonyl (C=O) groups excluding carboxylic acids is 1. The summed E-state index contributed by atoms with van der Waals surface area (Å²) in [6.45, 7) is 5.80. The molecule has 11 heteroatoms. The first kappa shape index (κ1) is 31.2. The van der Waals surface area contributed by atoms with Crippen LogP contribution in [0.5, 0.6) is 0 Å². The van der Waals surface area contributed by atoms with Gasteiger partial charge in [0.1, 0.15) is 33.2 Å². The molecular formula is C32H34F4N4O2S. The van der Waals surface area contributed by atoms with Crippen LogP contribution >= 0.6 is 11.8 Å². The van der Waals surface area contributed by atoms with Gasteiger partial charge in [0.05, 0.1) is 0 Å². The summed E-state index contributed by atoms with van der Waals surface area (Å²) in [6, 6.07) is 15.0. The lowest BCUT2D eigenvalue weighted by Gasteiger charge is -2.40. The van der Waals surface area contributed by atoms with Crippen LogP contribution in [0.1, 0.15) is 36.5 Å². The molecule has 1 amide bonds. The molecule has 2 atom stereocenters. The van der Waals surface area contributed by atoms with Crippen LogP contribution in [0.25, 0.3) is 0 Å². The standard InChI is InChI=1S/C32H34F4N4O2S/c1-31(42-3,26-21-24(34)11-13-28(26)36)30(41)40-32(22-8-5-4-6-9-22,14-7-15-39-18-16-38(2)17-19-39)43-29(37-40)25-20-23(33)10-12-27(25)35/h4-6,8-13,20-21H,7,14-19H2,1-3H3/t31-,32?/m0/s1. The molecule has 6 nitrogen and oxygen atoms in total. The summed E-state index contributed by atoms with van der Waals surface area (Å²) in [5.41, 5.74) is -1.70. The zero-order valence-electron chi connectivity index (χ0n) is 24.3. The third-order valence-electron chi connectivity index (χ3n) is 8.22. The number of hydrogen-bond donors (Lipinski definition) is 0. The van der Waals surface area contributed by atoms with Crippen LogP contribution < -0.4 is 0 Å². The Bertz CT molecular complexity index is 1500. The highest BCUT2D eigenvalue weighted by molar-refractivity contribution is 8.15. The lowest BCUT2D eigenvalue weighted by Crippen LogP contribution is -2.51. The Labute approximate surface area is 253 Å². The third kappa shape index (κ3) is 6.22. The van der Waals surface area contributed by atoms with Crippen LogP contribution in [0, 0.1) is 23.3 Å². The first-order valence-electron chi connectivity index (χ1n) is 14.1. The fraction of sp³-hybridized carbons (Fsp3) is 0.375. The molecular weight excluding hydrogens is 580 g/mol. The first-order valence-corrected chi connectivity index (χ1v) is 14.9. The van der Waals surface area contributed by atoms with E-state index in [0.29, 0.717) is 18.4 Å². The van der Waals surface area contributed by atoms with Gasteiger partial charge in [-0.15, -0.1) is 0 Å². The maximum atomic E-state index is 15.1. The Morgan fingerprint density at radius 3 is 2.28 bits per heavy atom. The van der Waals surface area contributed by atoms with Gasteiger partial charge in [0.2, 0.25) is 0 Å². The highest BCUT2D eigenvalue weighted by atomic mass is 32.2. The van der Waals surface area contributed by atoms with Crippen molar-refractivity contribution in [3.63, 3.8) is 0 Å². The largest absolute Gasteiger partial charge is 0.364 e. The number of hydrogen-bond acceptors (Lipinski definition) is 6. The van der Waals surface area contributed by atoms with E-state index in [1.165, 1.54) is 19.0 Å². The Morgan fingerprint density at radius 2 is 1.60 bits per heavy atom. The molecule has 3 aromatic rings. The van der Waals surface area contributed by atoms with Gasteiger partial charge in [-0.2, -0.15) is 5.10 Å². The van der Waals surface area contributed by atoms with Crippen molar-refractivity contribution in [2.45, 2.75) is 30.2 Å². The second kappa shape index (κ2) is 12.8. The lowest BCUT2D eigenvalue weighted by atomic mass is 9.91. The molecule has 2 aliphatic heterocycles. The number of nitrogens with zero attached hydrogens (tertiary/aromatic N) is 4. The number of benzene rings is 3. The van der Waals surface area contributed by atoms with Crippen molar-refractivity contribution in [3.05, 3.63) is 107 Å². The van der Waals surface area contributed by atoms with Crippen molar-refractivity contribution in [3.8, 4) is 0 Å². The minimum absolute atomic E-state index is 0.0898. The summed E-state index contributed by atoms with van der Waals surface area (Å²) in [4.78, 5) is 18.0. The van der Waals surface area contributed by atoms with Crippen molar-refractivity contribution in [2.75, 3.05) is 46.9 Å². The van der Waals surface area contributed by atoms with Crippen LogP contribution in [0.15, 0.2) is 71.8 Å². The number of methoxy groups -OCH3 is 1. The smallest absolute Gasteiger partial charge is 0.281 e. The first-order chi connectivity index (χ1) is 20.6. The molecule has 3 aromatic carbocycles. The molecule has 2 heterocycles. The number of hydrazone groups is 1. The minimum atomic E-state index is -2.00. The van der Waals surface area contributed by atoms with E-state index >= 15 is 8.78 Å². The number of likely N-dealkylation sites (N-methyl/N-ethyl adjacent to an activating group) is 1. The topological polar surface area (TPSA) is 48.4 Å². The normalized spacial score (nSPS) is 21.1. The number of rotatable bonds is 9. The van der Waals surface area contributed by atoms with E-state index in [1.807, 2.05) is 30.3 Å². The molecule has 228 valence electrons. The zero-order chi connectivity index (χ0) is 30.8. The number of ether oxygens (including phenoxy) is 1. The molecule has 0 N–H and O–H groups in total. The molecule has 0 aliphatic carbocycles. The van der Waals surface area contributed by atoms with Gasteiger partial charge < -0.3 is 14.5 Å². The summed E-state index contributed by atoms with van der Waals surface area (Å²) < 4.78 is 64.5. The highest BCUT2D eigenvalue weighted by Crippen LogP contribution is 2.52. The van der Waals surface area contributed by atoms with E-state index < -0.39 is 39.6 Å². The highest BCUT2D eigenvalue weighted by Gasteiger charge is 2.54. The number of halogens is 4. The van der Waals surface area contributed by atoms with E-state index in [-0.39, 0.29) is 16.2 Å². The third-order valence-corrected chi connectivity index (χ3v) is 9.66. The van der Waals surface area contributed by atoms with E-state index in [0.717, 1.165) is 80.9 Å². The van der Waals surface area contributed by atoms with Crippen LogP contribution in [0.3, 0.4) is 0 Å². The summed E-state index contributed by atoms with van der Waals surface area (Å²) >= 11 is 1.14. The Morgan fingerprint density at radius 1 is 0.953 bits per heavy atom. The van der Waals surface area contributed by atoms with Crippen molar-refractivity contribution < 1.29 is 27.1 Å². The van der Waals surface area contributed by atoms with Gasteiger partial charge in [-0.1, -0.05) is 42.1 Å². The average molecular weight is 615 g/mol. The molecule has 0 radical (unpaired) electrons. The summed E-state index contributed by atoms with van der Waals surface area (Å²) in [6.07, 6.45) is 1.02. The van der Waals surface area contributed by atoms with Crippen molar-refractivity contribution in [1.82, 2.24) is 14.8 Å². The van der Waals surface area contributed by atoms with Gasteiger partial charge in [0, 0.05) is 44.4 Å². The molecule has 2 aliphatic rings. The molecule has 1 fully saturated rings. The number of carbonyl (C=O) groups is 1. The van der Waals surface area contributed by atoms with Crippen LogP contribution in [0.4, 0.5) is 17.6 Å². The van der Waals surface area contributed by atoms with Gasteiger partial charge in [-0.3, -0.25) is 4.79 Å². The predicted octanol–water partition coefficient (Wildman–Crippen LogP) is 5.92. The molecule has 43 heavy (non-hydrogen) atoms. The SMILES string of the molecule is CO[C@](C)(C(=O)N1N=C(c2cc(F)ccc2F)SC1(CCCN1CCN(C)CC1)c1ccccc1)c1cc(F)ccc1F. The van der Waals surface area contributed by atoms with Crippen molar-refractivity contribution >= 4 is 22.7 Å². The number of amides is 1. The maximum Gasteiger partial charge on any atom is 0.281 e.